The molecular weight excluding hydrogens is 204 g/mol. The van der Waals surface area contributed by atoms with E-state index in [0.717, 1.165) is 31.7 Å². The minimum atomic E-state index is 0.311. The number of nitrogens with two attached hydrogens (primary N) is 1. The standard InChI is InChI=1S/C12H18N2O2/c1-15-11-6-2-5-10(12(11)13)14-8-9-4-3-7-16-9/h2,5-6,9,14H,3-4,7-8,13H2,1H3. The quantitative estimate of drug-likeness (QED) is 0.764. The van der Waals surface area contributed by atoms with E-state index >= 15 is 0 Å². The first-order valence-electron chi connectivity index (χ1n) is 5.59. The SMILES string of the molecule is COc1cccc(NCC2CCCO2)c1N. The molecule has 1 saturated heterocycles. The monoisotopic (exact) mass is 222 g/mol. The third-order valence-electron chi connectivity index (χ3n) is 2.83. The average Bonchev–Trinajstić information content (AvgIpc) is 2.81. The number of para-hydroxylation sites is 1. The van der Waals surface area contributed by atoms with Gasteiger partial charge in [0.05, 0.1) is 24.6 Å². The van der Waals surface area contributed by atoms with Gasteiger partial charge in [0.1, 0.15) is 5.75 Å². The summed E-state index contributed by atoms with van der Waals surface area (Å²) in [6.07, 6.45) is 2.59. The fourth-order valence-electron chi connectivity index (χ4n) is 1.91. The number of benzene rings is 1. The maximum atomic E-state index is 5.95. The number of hydrogen-bond donors (Lipinski definition) is 2. The molecule has 4 heteroatoms. The molecule has 1 aromatic carbocycles. The van der Waals surface area contributed by atoms with Gasteiger partial charge in [0.25, 0.3) is 0 Å². The molecule has 1 aromatic rings. The van der Waals surface area contributed by atoms with E-state index in [9.17, 15) is 0 Å². The van der Waals surface area contributed by atoms with Gasteiger partial charge in [0.2, 0.25) is 0 Å². The van der Waals surface area contributed by atoms with E-state index in [0.29, 0.717) is 17.5 Å². The molecule has 1 aliphatic rings. The van der Waals surface area contributed by atoms with Crippen LogP contribution in [0.3, 0.4) is 0 Å². The largest absolute Gasteiger partial charge is 0.495 e. The van der Waals surface area contributed by atoms with Crippen molar-refractivity contribution in [1.82, 2.24) is 0 Å². The van der Waals surface area contributed by atoms with Crippen molar-refractivity contribution in [1.29, 1.82) is 0 Å². The highest BCUT2D eigenvalue weighted by Gasteiger charge is 2.15. The first kappa shape index (κ1) is 11.1. The lowest BCUT2D eigenvalue weighted by Crippen LogP contribution is -2.19. The first-order valence-corrected chi connectivity index (χ1v) is 5.59. The Labute approximate surface area is 95.7 Å². The topological polar surface area (TPSA) is 56.5 Å². The molecule has 3 N–H and O–H groups in total. The molecule has 1 unspecified atom stereocenters. The Balaban J connectivity index is 1.97. The number of methoxy groups -OCH3 is 1. The van der Waals surface area contributed by atoms with Gasteiger partial charge in [0, 0.05) is 13.2 Å². The van der Waals surface area contributed by atoms with Gasteiger partial charge in [-0.05, 0) is 25.0 Å². The lowest BCUT2D eigenvalue weighted by molar-refractivity contribution is 0.120. The summed E-state index contributed by atoms with van der Waals surface area (Å²) in [7, 11) is 1.62. The van der Waals surface area contributed by atoms with Crippen LogP contribution in [0.2, 0.25) is 0 Å². The van der Waals surface area contributed by atoms with E-state index in [1.54, 1.807) is 7.11 Å². The summed E-state index contributed by atoms with van der Waals surface area (Å²) in [6.45, 7) is 1.68. The number of ether oxygens (including phenoxy) is 2. The maximum Gasteiger partial charge on any atom is 0.143 e. The summed E-state index contributed by atoms with van der Waals surface area (Å²) >= 11 is 0. The average molecular weight is 222 g/mol. The smallest absolute Gasteiger partial charge is 0.143 e. The molecule has 1 fully saturated rings. The minimum Gasteiger partial charge on any atom is -0.495 e. The molecule has 0 aliphatic carbocycles. The van der Waals surface area contributed by atoms with Crippen molar-refractivity contribution in [3.63, 3.8) is 0 Å². The van der Waals surface area contributed by atoms with Gasteiger partial charge in [-0.2, -0.15) is 0 Å². The molecule has 1 heterocycles. The summed E-state index contributed by atoms with van der Waals surface area (Å²) < 4.78 is 10.7. The summed E-state index contributed by atoms with van der Waals surface area (Å²) in [5, 5.41) is 3.30. The molecule has 4 nitrogen and oxygen atoms in total. The molecule has 2 rings (SSSR count). The van der Waals surface area contributed by atoms with E-state index in [1.807, 2.05) is 18.2 Å². The third-order valence-corrected chi connectivity index (χ3v) is 2.83. The van der Waals surface area contributed by atoms with Crippen LogP contribution in [-0.4, -0.2) is 26.4 Å². The molecule has 1 aliphatic heterocycles. The van der Waals surface area contributed by atoms with E-state index in [-0.39, 0.29) is 0 Å². The number of hydrogen-bond acceptors (Lipinski definition) is 4. The van der Waals surface area contributed by atoms with Gasteiger partial charge in [-0.1, -0.05) is 6.07 Å². The van der Waals surface area contributed by atoms with Gasteiger partial charge in [-0.3, -0.25) is 0 Å². The normalized spacial score (nSPS) is 19.7. The molecule has 1 atom stereocenters. The Hall–Kier alpha value is -1.42. The molecule has 0 spiro atoms. The van der Waals surface area contributed by atoms with Crippen LogP contribution in [0.1, 0.15) is 12.8 Å². The zero-order valence-corrected chi connectivity index (χ0v) is 9.53. The summed E-state index contributed by atoms with van der Waals surface area (Å²) in [4.78, 5) is 0. The van der Waals surface area contributed by atoms with Crippen molar-refractivity contribution in [2.45, 2.75) is 18.9 Å². The minimum absolute atomic E-state index is 0.311. The van der Waals surface area contributed by atoms with Crippen molar-refractivity contribution >= 4 is 11.4 Å². The lowest BCUT2D eigenvalue weighted by Gasteiger charge is -2.15. The van der Waals surface area contributed by atoms with Gasteiger partial charge in [-0.15, -0.1) is 0 Å². The van der Waals surface area contributed by atoms with Crippen molar-refractivity contribution in [3.05, 3.63) is 18.2 Å². The van der Waals surface area contributed by atoms with Crippen LogP contribution in [0.15, 0.2) is 18.2 Å². The van der Waals surface area contributed by atoms with Crippen LogP contribution in [0.4, 0.5) is 11.4 Å². The fourth-order valence-corrected chi connectivity index (χ4v) is 1.91. The second-order valence-corrected chi connectivity index (χ2v) is 3.94. The Morgan fingerprint density at radius 3 is 3.12 bits per heavy atom. The molecule has 0 bridgehead atoms. The van der Waals surface area contributed by atoms with E-state index < -0.39 is 0 Å². The maximum absolute atomic E-state index is 5.95. The van der Waals surface area contributed by atoms with Gasteiger partial charge in [-0.25, -0.2) is 0 Å². The number of nitrogens with one attached hydrogen (secondary N) is 1. The summed E-state index contributed by atoms with van der Waals surface area (Å²) in [6, 6.07) is 5.73. The van der Waals surface area contributed by atoms with Crippen LogP contribution < -0.4 is 15.8 Å². The summed E-state index contributed by atoms with van der Waals surface area (Å²) in [5.74, 6) is 0.706. The lowest BCUT2D eigenvalue weighted by atomic mass is 10.2. The summed E-state index contributed by atoms with van der Waals surface area (Å²) in [5.41, 5.74) is 7.52. The zero-order valence-electron chi connectivity index (χ0n) is 9.53. The highest BCUT2D eigenvalue weighted by molar-refractivity contribution is 5.72. The third kappa shape index (κ3) is 2.39. The van der Waals surface area contributed by atoms with Crippen LogP contribution >= 0.6 is 0 Å². The first-order chi connectivity index (χ1) is 7.81. The highest BCUT2D eigenvalue weighted by Crippen LogP contribution is 2.29. The predicted molar refractivity (Wildman–Crippen MR) is 64.9 cm³/mol. The van der Waals surface area contributed by atoms with Crippen molar-refractivity contribution in [3.8, 4) is 5.75 Å². The molecular formula is C12H18N2O2. The second-order valence-electron chi connectivity index (χ2n) is 3.94. The van der Waals surface area contributed by atoms with Crippen molar-refractivity contribution in [2.24, 2.45) is 0 Å². The second kappa shape index (κ2) is 5.07. The Kier molecular flexibility index (Phi) is 3.51. The Morgan fingerprint density at radius 1 is 1.56 bits per heavy atom. The molecule has 0 amide bonds. The Bertz CT molecular complexity index is 349. The van der Waals surface area contributed by atoms with E-state index in [2.05, 4.69) is 5.32 Å². The van der Waals surface area contributed by atoms with Crippen molar-refractivity contribution < 1.29 is 9.47 Å². The fraction of sp³-hybridized carbons (Fsp3) is 0.500. The molecule has 88 valence electrons. The van der Waals surface area contributed by atoms with Gasteiger partial charge >= 0.3 is 0 Å². The van der Waals surface area contributed by atoms with Gasteiger partial charge < -0.3 is 20.5 Å². The number of nitrogen functional groups attached to an aromatic ring is 1. The van der Waals surface area contributed by atoms with Crippen LogP contribution in [-0.2, 0) is 4.74 Å². The highest BCUT2D eigenvalue weighted by atomic mass is 16.5. The van der Waals surface area contributed by atoms with E-state index in [4.69, 9.17) is 15.2 Å². The molecule has 0 saturated carbocycles. The van der Waals surface area contributed by atoms with E-state index in [1.165, 1.54) is 0 Å². The Morgan fingerprint density at radius 2 is 2.44 bits per heavy atom. The molecule has 0 radical (unpaired) electrons. The number of rotatable bonds is 4. The van der Waals surface area contributed by atoms with Gasteiger partial charge in [0.15, 0.2) is 0 Å². The van der Waals surface area contributed by atoms with Crippen LogP contribution in [0, 0.1) is 0 Å². The van der Waals surface area contributed by atoms with Crippen LogP contribution in [0.5, 0.6) is 5.75 Å². The van der Waals surface area contributed by atoms with Crippen molar-refractivity contribution in [2.75, 3.05) is 31.3 Å². The predicted octanol–water partition coefficient (Wildman–Crippen LogP) is 1.87. The molecule has 0 aromatic heterocycles. The zero-order chi connectivity index (χ0) is 11.4. The molecule has 16 heavy (non-hydrogen) atoms. The number of anilines is 2. The van der Waals surface area contributed by atoms with Crippen LogP contribution in [0.25, 0.3) is 0 Å².